The van der Waals surface area contributed by atoms with Gasteiger partial charge >= 0.3 is 0 Å². The number of anilines is 1. The average Bonchev–Trinajstić information content (AvgIpc) is 2.52. The van der Waals surface area contributed by atoms with Crippen molar-refractivity contribution in [2.24, 2.45) is 0 Å². The van der Waals surface area contributed by atoms with Gasteiger partial charge in [0.25, 0.3) is 5.91 Å². The van der Waals surface area contributed by atoms with Crippen LogP contribution < -0.4 is 10.1 Å². The van der Waals surface area contributed by atoms with E-state index in [-0.39, 0.29) is 12.5 Å². The standard InChI is InChI=1S/C6H5NO2S.C2H6S/c8-5-3-9-6-4(7-5)1-2-10-6;1-2-3/h1-2H,3H2,(H,7,8);3H,2H2,1H3. The van der Waals surface area contributed by atoms with Gasteiger partial charge in [-0.1, -0.05) is 6.92 Å². The summed E-state index contributed by atoms with van der Waals surface area (Å²) in [7, 11) is 0. The highest BCUT2D eigenvalue weighted by atomic mass is 32.1. The second-order valence-corrected chi connectivity index (χ2v) is 3.79. The van der Waals surface area contributed by atoms with Gasteiger partial charge in [-0.25, -0.2) is 0 Å². The molecule has 0 saturated carbocycles. The van der Waals surface area contributed by atoms with Crippen molar-refractivity contribution in [1.82, 2.24) is 0 Å². The third-order valence-corrected chi connectivity index (χ3v) is 2.06. The number of carbonyl (C=O) groups excluding carboxylic acids is 1. The van der Waals surface area contributed by atoms with Gasteiger partial charge in [-0.05, 0) is 17.2 Å². The van der Waals surface area contributed by atoms with Crippen LogP contribution in [0, 0.1) is 0 Å². The molecule has 0 saturated heterocycles. The Hall–Kier alpha value is -0.680. The summed E-state index contributed by atoms with van der Waals surface area (Å²) in [5.74, 6) is 0.867. The first-order chi connectivity index (χ1) is 6.27. The van der Waals surface area contributed by atoms with Gasteiger partial charge in [-0.2, -0.15) is 12.6 Å². The zero-order chi connectivity index (χ0) is 9.68. The lowest BCUT2D eigenvalue weighted by molar-refractivity contribution is -0.118. The Balaban J connectivity index is 0.000000251. The molecule has 2 rings (SSSR count). The molecule has 0 unspecified atom stereocenters. The van der Waals surface area contributed by atoms with Crippen LogP contribution in [0.15, 0.2) is 11.4 Å². The summed E-state index contributed by atoms with van der Waals surface area (Å²) in [6, 6.07) is 1.83. The predicted octanol–water partition coefficient (Wildman–Crippen LogP) is 2.02. The van der Waals surface area contributed by atoms with E-state index >= 15 is 0 Å². The fraction of sp³-hybridized carbons (Fsp3) is 0.375. The molecule has 0 aliphatic carbocycles. The van der Waals surface area contributed by atoms with E-state index in [2.05, 4.69) is 17.9 Å². The molecule has 0 radical (unpaired) electrons. The first-order valence-corrected chi connectivity index (χ1v) is 5.40. The number of amides is 1. The summed E-state index contributed by atoms with van der Waals surface area (Å²) in [5, 5.41) is 5.38. The Kier molecular flexibility index (Phi) is 4.11. The Morgan fingerprint density at radius 1 is 1.77 bits per heavy atom. The molecule has 1 aromatic rings. The lowest BCUT2D eigenvalue weighted by Gasteiger charge is -2.12. The number of carbonyl (C=O) groups is 1. The van der Waals surface area contributed by atoms with E-state index in [4.69, 9.17) is 4.74 Å². The highest BCUT2D eigenvalue weighted by molar-refractivity contribution is 7.80. The molecular formula is C8H11NO2S2. The van der Waals surface area contributed by atoms with Gasteiger partial charge < -0.3 is 10.1 Å². The molecule has 13 heavy (non-hydrogen) atoms. The molecular weight excluding hydrogens is 206 g/mol. The number of thiophene rings is 1. The van der Waals surface area contributed by atoms with Crippen molar-refractivity contribution in [2.45, 2.75) is 6.92 Å². The minimum Gasteiger partial charge on any atom is -0.472 e. The summed E-state index contributed by atoms with van der Waals surface area (Å²) in [4.78, 5) is 10.7. The second kappa shape index (κ2) is 5.14. The Morgan fingerprint density at radius 3 is 3.15 bits per heavy atom. The zero-order valence-corrected chi connectivity index (χ0v) is 8.95. The van der Waals surface area contributed by atoms with Crippen molar-refractivity contribution >= 4 is 35.6 Å². The summed E-state index contributed by atoms with van der Waals surface area (Å²) < 4.78 is 5.08. The number of nitrogens with one attached hydrogen (secondary N) is 1. The maximum atomic E-state index is 10.7. The van der Waals surface area contributed by atoms with Crippen LogP contribution in [0.2, 0.25) is 0 Å². The van der Waals surface area contributed by atoms with Crippen molar-refractivity contribution in [3.05, 3.63) is 11.4 Å². The van der Waals surface area contributed by atoms with E-state index in [0.29, 0.717) is 0 Å². The lowest BCUT2D eigenvalue weighted by Crippen LogP contribution is -2.24. The number of ether oxygens (including phenoxy) is 1. The topological polar surface area (TPSA) is 38.3 Å². The molecule has 1 N–H and O–H groups in total. The first kappa shape index (κ1) is 10.4. The van der Waals surface area contributed by atoms with Gasteiger partial charge in [-0.3, -0.25) is 4.79 Å². The molecule has 1 amide bonds. The van der Waals surface area contributed by atoms with Gasteiger partial charge in [0.1, 0.15) is 0 Å². The quantitative estimate of drug-likeness (QED) is 0.652. The van der Waals surface area contributed by atoms with Crippen LogP contribution in [-0.4, -0.2) is 18.3 Å². The Labute approximate surface area is 86.5 Å². The first-order valence-electron chi connectivity index (χ1n) is 3.89. The third-order valence-electron chi connectivity index (χ3n) is 1.24. The Bertz CT molecular complexity index is 285. The average molecular weight is 217 g/mol. The van der Waals surface area contributed by atoms with Crippen LogP contribution >= 0.6 is 24.0 Å². The van der Waals surface area contributed by atoms with Crippen molar-refractivity contribution in [1.29, 1.82) is 0 Å². The number of hydrogen-bond donors (Lipinski definition) is 2. The third kappa shape index (κ3) is 2.93. The fourth-order valence-electron chi connectivity index (χ4n) is 0.817. The number of thiol groups is 1. The summed E-state index contributed by atoms with van der Waals surface area (Å²) in [5.41, 5.74) is 0.793. The zero-order valence-electron chi connectivity index (χ0n) is 7.24. The lowest BCUT2D eigenvalue weighted by atomic mass is 10.4. The molecule has 1 aromatic heterocycles. The highest BCUT2D eigenvalue weighted by Crippen LogP contribution is 2.32. The van der Waals surface area contributed by atoms with E-state index in [1.807, 2.05) is 18.4 Å². The normalized spacial score (nSPS) is 13.2. The monoisotopic (exact) mass is 217 g/mol. The highest BCUT2D eigenvalue weighted by Gasteiger charge is 2.15. The molecule has 5 heteroatoms. The minimum atomic E-state index is -0.0779. The smallest absolute Gasteiger partial charge is 0.262 e. The Morgan fingerprint density at radius 2 is 2.46 bits per heavy atom. The molecule has 1 aliphatic heterocycles. The van der Waals surface area contributed by atoms with E-state index in [1.165, 1.54) is 11.3 Å². The molecule has 0 atom stereocenters. The van der Waals surface area contributed by atoms with Crippen LogP contribution in [0.5, 0.6) is 5.06 Å². The molecule has 0 bridgehead atoms. The fourth-order valence-corrected chi connectivity index (χ4v) is 1.52. The molecule has 0 fully saturated rings. The van der Waals surface area contributed by atoms with Crippen LogP contribution in [0.25, 0.3) is 0 Å². The summed E-state index contributed by atoms with van der Waals surface area (Å²) >= 11 is 5.28. The van der Waals surface area contributed by atoms with E-state index in [0.717, 1.165) is 16.5 Å². The second-order valence-electron chi connectivity index (χ2n) is 2.27. The maximum absolute atomic E-state index is 10.7. The van der Waals surface area contributed by atoms with Crippen molar-refractivity contribution < 1.29 is 9.53 Å². The molecule has 0 aromatic carbocycles. The van der Waals surface area contributed by atoms with Gasteiger partial charge in [0, 0.05) is 0 Å². The van der Waals surface area contributed by atoms with Crippen molar-refractivity contribution in [3.63, 3.8) is 0 Å². The van der Waals surface area contributed by atoms with Crippen molar-refractivity contribution in [2.75, 3.05) is 17.7 Å². The minimum absolute atomic E-state index is 0.0779. The van der Waals surface area contributed by atoms with Crippen LogP contribution in [-0.2, 0) is 4.79 Å². The summed E-state index contributed by atoms with van der Waals surface area (Å²) in [6.45, 7) is 2.14. The van der Waals surface area contributed by atoms with E-state index in [1.54, 1.807) is 0 Å². The van der Waals surface area contributed by atoms with Crippen molar-refractivity contribution in [3.8, 4) is 5.06 Å². The SMILES string of the molecule is CCS.O=C1COc2sccc2N1. The molecule has 3 nitrogen and oxygen atoms in total. The number of hydrogen-bond acceptors (Lipinski definition) is 4. The predicted molar refractivity (Wildman–Crippen MR) is 58.0 cm³/mol. The van der Waals surface area contributed by atoms with E-state index in [9.17, 15) is 4.79 Å². The van der Waals surface area contributed by atoms with E-state index < -0.39 is 0 Å². The van der Waals surface area contributed by atoms with Gasteiger partial charge in [0.05, 0.1) is 5.69 Å². The summed E-state index contributed by atoms with van der Waals surface area (Å²) in [6.07, 6.45) is 0. The van der Waals surface area contributed by atoms with Gasteiger partial charge in [0.2, 0.25) is 0 Å². The van der Waals surface area contributed by atoms with Gasteiger partial charge in [-0.15, -0.1) is 11.3 Å². The molecule has 0 spiro atoms. The molecule has 1 aliphatic rings. The van der Waals surface area contributed by atoms with Crippen LogP contribution in [0.1, 0.15) is 6.92 Å². The maximum Gasteiger partial charge on any atom is 0.262 e. The van der Waals surface area contributed by atoms with Gasteiger partial charge in [0.15, 0.2) is 11.7 Å². The number of fused-ring (bicyclic) bond motifs is 1. The molecule has 2 heterocycles. The van der Waals surface area contributed by atoms with Crippen LogP contribution in [0.3, 0.4) is 0 Å². The largest absolute Gasteiger partial charge is 0.472 e. The van der Waals surface area contributed by atoms with Crippen LogP contribution in [0.4, 0.5) is 5.69 Å². The number of rotatable bonds is 0. The molecule has 72 valence electrons.